The van der Waals surface area contributed by atoms with Crippen LogP contribution in [0.2, 0.25) is 0 Å². The maximum Gasteiger partial charge on any atom is 0.146 e. The molecule has 1 N–H and O–H groups in total. The molecule has 178 valence electrons. The lowest BCUT2D eigenvalue weighted by Crippen LogP contribution is -2.38. The highest BCUT2D eigenvalue weighted by Gasteiger charge is 2.17. The summed E-state index contributed by atoms with van der Waals surface area (Å²) in [6.07, 6.45) is 7.89. The van der Waals surface area contributed by atoms with Gasteiger partial charge in [-0.1, -0.05) is 6.07 Å². The van der Waals surface area contributed by atoms with E-state index < -0.39 is 10.8 Å². The van der Waals surface area contributed by atoms with Crippen LogP contribution in [0, 0.1) is 5.82 Å². The summed E-state index contributed by atoms with van der Waals surface area (Å²) in [4.78, 5) is 7.35. The molecule has 1 fully saturated rings. The first-order valence-electron chi connectivity index (χ1n) is 11.6. The number of anilines is 1. The zero-order valence-electron chi connectivity index (χ0n) is 19.5. The summed E-state index contributed by atoms with van der Waals surface area (Å²) < 4.78 is 29.8. The lowest BCUT2D eigenvalue weighted by atomic mass is 10.1. The first-order chi connectivity index (χ1) is 16.5. The molecule has 1 aliphatic rings. The second kappa shape index (κ2) is 9.68. The third-order valence-electron chi connectivity index (χ3n) is 6.43. The highest BCUT2D eigenvalue weighted by molar-refractivity contribution is 7.85. The fourth-order valence-electron chi connectivity index (χ4n) is 4.53. The number of aryl methyl sites for hydroxylation is 2. The molecule has 4 heterocycles. The molecule has 7 nitrogen and oxygen atoms in total. The van der Waals surface area contributed by atoms with Gasteiger partial charge in [0.25, 0.3) is 0 Å². The van der Waals surface area contributed by atoms with Crippen LogP contribution in [-0.2, 0) is 24.3 Å². The predicted molar refractivity (Wildman–Crippen MR) is 135 cm³/mol. The van der Waals surface area contributed by atoms with E-state index in [-0.39, 0.29) is 5.82 Å². The Kier molecular flexibility index (Phi) is 6.47. The fourth-order valence-corrected chi connectivity index (χ4v) is 5.66. The van der Waals surface area contributed by atoms with E-state index in [2.05, 4.69) is 32.1 Å². The smallest absolute Gasteiger partial charge is 0.146 e. The Balaban J connectivity index is 1.46. The van der Waals surface area contributed by atoms with Crippen LogP contribution in [0.3, 0.4) is 0 Å². The molecule has 34 heavy (non-hydrogen) atoms. The van der Waals surface area contributed by atoms with Gasteiger partial charge >= 0.3 is 0 Å². The van der Waals surface area contributed by atoms with E-state index in [0.717, 1.165) is 72.0 Å². The molecule has 0 aliphatic carbocycles. The molecule has 0 radical (unpaired) electrons. The van der Waals surface area contributed by atoms with Gasteiger partial charge in [-0.05, 0) is 49.2 Å². The molecule has 0 unspecified atom stereocenters. The molecule has 1 aliphatic heterocycles. The van der Waals surface area contributed by atoms with E-state index in [9.17, 15) is 8.60 Å². The number of benzene rings is 1. The minimum absolute atomic E-state index is 0.299. The maximum atomic E-state index is 14.4. The molecule has 0 amide bonds. The largest absolute Gasteiger partial charge is 0.386 e. The van der Waals surface area contributed by atoms with Gasteiger partial charge in [0.05, 0.1) is 23.3 Å². The lowest BCUT2D eigenvalue weighted by Gasteiger charge is -2.25. The Bertz CT molecular complexity index is 1340. The van der Waals surface area contributed by atoms with E-state index in [1.807, 2.05) is 31.6 Å². The highest BCUT2D eigenvalue weighted by Crippen LogP contribution is 2.29. The van der Waals surface area contributed by atoms with Gasteiger partial charge in [-0.25, -0.2) is 9.37 Å². The number of aromatic nitrogens is 4. The SMILES string of the molecule is CNc1ccc(-c2ccc3c(CCCN4CCS(=O)CC4)cn(-c4cnn(C)c4)c3n2)cc1F. The third kappa shape index (κ3) is 4.63. The Morgan fingerprint density at radius 3 is 2.68 bits per heavy atom. The Labute approximate surface area is 201 Å². The third-order valence-corrected chi connectivity index (χ3v) is 7.70. The summed E-state index contributed by atoms with van der Waals surface area (Å²) in [7, 11) is 2.95. The summed E-state index contributed by atoms with van der Waals surface area (Å²) in [6.45, 7) is 2.83. The van der Waals surface area contributed by atoms with E-state index in [1.165, 1.54) is 11.6 Å². The normalized spacial score (nSPS) is 15.3. The summed E-state index contributed by atoms with van der Waals surface area (Å²) in [5, 5.41) is 8.28. The highest BCUT2D eigenvalue weighted by atomic mass is 32.2. The van der Waals surface area contributed by atoms with Crippen molar-refractivity contribution < 1.29 is 8.60 Å². The predicted octanol–water partition coefficient (Wildman–Crippen LogP) is 3.60. The van der Waals surface area contributed by atoms with Crippen molar-refractivity contribution in [3.05, 3.63) is 60.3 Å². The van der Waals surface area contributed by atoms with Crippen molar-refractivity contribution in [2.24, 2.45) is 7.05 Å². The van der Waals surface area contributed by atoms with Crippen molar-refractivity contribution >= 4 is 27.5 Å². The van der Waals surface area contributed by atoms with E-state index in [0.29, 0.717) is 5.69 Å². The molecule has 1 saturated heterocycles. The topological polar surface area (TPSA) is 68.0 Å². The van der Waals surface area contributed by atoms with Crippen molar-refractivity contribution in [3.63, 3.8) is 0 Å². The standard InChI is InChI=1S/C25H29FN6OS/c1-27-24-7-5-18(14-22(24)26)23-8-6-21-19(4-3-9-31-10-12-34(33)13-11-31)16-32(25(21)29-23)20-15-28-30(2)17-20/h5-8,14-17,27H,3-4,9-13H2,1-2H3. The average Bonchev–Trinajstić information content (AvgIpc) is 3.43. The first kappa shape index (κ1) is 22.7. The van der Waals surface area contributed by atoms with Gasteiger partial charge in [-0.15, -0.1) is 0 Å². The number of hydrogen-bond donors (Lipinski definition) is 1. The van der Waals surface area contributed by atoms with Crippen LogP contribution in [0.15, 0.2) is 48.9 Å². The van der Waals surface area contributed by atoms with Crippen LogP contribution in [0.4, 0.5) is 10.1 Å². The molecular formula is C25H29FN6OS. The van der Waals surface area contributed by atoms with Crippen molar-refractivity contribution in [1.82, 2.24) is 24.2 Å². The van der Waals surface area contributed by atoms with Gasteiger partial charge in [-0.2, -0.15) is 5.10 Å². The van der Waals surface area contributed by atoms with Crippen LogP contribution in [0.1, 0.15) is 12.0 Å². The first-order valence-corrected chi connectivity index (χ1v) is 13.1. The van der Waals surface area contributed by atoms with Crippen molar-refractivity contribution in [3.8, 4) is 16.9 Å². The fraction of sp³-hybridized carbons (Fsp3) is 0.360. The van der Waals surface area contributed by atoms with Crippen molar-refractivity contribution in [1.29, 1.82) is 0 Å². The van der Waals surface area contributed by atoms with Gasteiger partial charge in [-0.3, -0.25) is 13.5 Å². The lowest BCUT2D eigenvalue weighted by molar-refractivity contribution is 0.296. The van der Waals surface area contributed by atoms with E-state index >= 15 is 0 Å². The number of rotatable bonds is 7. The monoisotopic (exact) mass is 480 g/mol. The van der Waals surface area contributed by atoms with Crippen LogP contribution in [0.5, 0.6) is 0 Å². The minimum Gasteiger partial charge on any atom is -0.386 e. The summed E-state index contributed by atoms with van der Waals surface area (Å²) in [5.74, 6) is 1.26. The molecule has 4 aromatic rings. The Morgan fingerprint density at radius 2 is 1.97 bits per heavy atom. The Hall–Kier alpha value is -3.04. The van der Waals surface area contributed by atoms with Crippen LogP contribution in [0.25, 0.3) is 28.0 Å². The van der Waals surface area contributed by atoms with E-state index in [1.54, 1.807) is 17.8 Å². The van der Waals surface area contributed by atoms with Crippen LogP contribution < -0.4 is 5.32 Å². The molecule has 0 bridgehead atoms. The zero-order valence-corrected chi connectivity index (χ0v) is 20.3. The van der Waals surface area contributed by atoms with E-state index in [4.69, 9.17) is 4.98 Å². The quantitative estimate of drug-likeness (QED) is 0.438. The summed E-state index contributed by atoms with van der Waals surface area (Å²) >= 11 is 0. The van der Waals surface area contributed by atoms with Crippen LogP contribution in [-0.4, -0.2) is 66.6 Å². The summed E-state index contributed by atoms with van der Waals surface area (Å²) in [5.41, 5.74) is 4.94. The van der Waals surface area contributed by atoms with Crippen molar-refractivity contribution in [2.45, 2.75) is 12.8 Å². The second-order valence-corrected chi connectivity index (χ2v) is 10.4. The van der Waals surface area contributed by atoms with Gasteiger partial charge in [0, 0.05) is 72.8 Å². The molecule has 0 atom stereocenters. The van der Waals surface area contributed by atoms with Gasteiger partial charge in [0.15, 0.2) is 0 Å². The second-order valence-electron chi connectivity index (χ2n) is 8.70. The Morgan fingerprint density at radius 1 is 1.15 bits per heavy atom. The molecule has 1 aromatic carbocycles. The zero-order chi connectivity index (χ0) is 23.7. The molecule has 5 rings (SSSR count). The molecular weight excluding hydrogens is 451 g/mol. The van der Waals surface area contributed by atoms with Crippen LogP contribution >= 0.6 is 0 Å². The number of pyridine rings is 1. The minimum atomic E-state index is -0.647. The molecule has 0 saturated carbocycles. The number of halogens is 1. The summed E-state index contributed by atoms with van der Waals surface area (Å²) in [6, 6.07) is 9.19. The number of hydrogen-bond acceptors (Lipinski definition) is 5. The maximum absolute atomic E-state index is 14.4. The molecule has 3 aromatic heterocycles. The number of nitrogens with zero attached hydrogens (tertiary/aromatic N) is 5. The van der Waals surface area contributed by atoms with Gasteiger partial charge in [0.2, 0.25) is 0 Å². The van der Waals surface area contributed by atoms with Gasteiger partial charge in [0.1, 0.15) is 11.5 Å². The van der Waals surface area contributed by atoms with Gasteiger partial charge < -0.3 is 10.2 Å². The van der Waals surface area contributed by atoms with Crippen molar-refractivity contribution in [2.75, 3.05) is 43.5 Å². The number of nitrogens with one attached hydrogen (secondary N) is 1. The number of fused-ring (bicyclic) bond motifs is 1. The average molecular weight is 481 g/mol. The molecule has 0 spiro atoms. The molecule has 9 heteroatoms.